The van der Waals surface area contributed by atoms with Crippen LogP contribution in [0.25, 0.3) is 0 Å². The number of hydrogen-bond acceptors (Lipinski definition) is 4. The third-order valence-corrected chi connectivity index (χ3v) is 10.00. The molecule has 33 heavy (non-hydrogen) atoms. The molecular formula is C25H37N3O4S. The molecule has 2 fully saturated rings. The van der Waals surface area contributed by atoms with Gasteiger partial charge in [0, 0.05) is 43.7 Å². The summed E-state index contributed by atoms with van der Waals surface area (Å²) in [5.41, 5.74) is 1.69. The molecule has 182 valence electrons. The van der Waals surface area contributed by atoms with Gasteiger partial charge in [-0.3, -0.25) is 9.59 Å². The molecule has 4 rings (SSSR count). The van der Waals surface area contributed by atoms with E-state index in [-0.39, 0.29) is 34.7 Å². The van der Waals surface area contributed by atoms with Gasteiger partial charge >= 0.3 is 0 Å². The average molecular weight is 476 g/mol. The van der Waals surface area contributed by atoms with E-state index in [9.17, 15) is 18.0 Å². The Kier molecular flexibility index (Phi) is 6.87. The molecule has 1 N–H and O–H groups in total. The van der Waals surface area contributed by atoms with Crippen molar-refractivity contribution in [1.82, 2.24) is 9.62 Å². The van der Waals surface area contributed by atoms with Crippen LogP contribution in [0.5, 0.6) is 0 Å². The summed E-state index contributed by atoms with van der Waals surface area (Å²) < 4.78 is 28.1. The molecule has 1 aromatic rings. The van der Waals surface area contributed by atoms with Crippen LogP contribution in [0.4, 0.5) is 5.69 Å². The summed E-state index contributed by atoms with van der Waals surface area (Å²) in [4.78, 5) is 26.8. The summed E-state index contributed by atoms with van der Waals surface area (Å²) in [6.45, 7) is 8.68. The molecule has 0 aromatic heterocycles. The van der Waals surface area contributed by atoms with E-state index in [4.69, 9.17) is 0 Å². The number of sulfonamides is 1. The number of hydrogen-bond donors (Lipinski definition) is 1. The smallest absolute Gasteiger partial charge is 0.243 e. The molecule has 1 aromatic carbocycles. The van der Waals surface area contributed by atoms with Gasteiger partial charge in [0.25, 0.3) is 0 Å². The van der Waals surface area contributed by atoms with E-state index >= 15 is 0 Å². The second-order valence-corrected chi connectivity index (χ2v) is 12.2. The number of rotatable bonds is 4. The molecule has 1 aliphatic carbocycles. The van der Waals surface area contributed by atoms with Crippen molar-refractivity contribution in [2.75, 3.05) is 18.0 Å². The molecule has 1 saturated heterocycles. The topological polar surface area (TPSA) is 86.8 Å². The zero-order chi connectivity index (χ0) is 23.9. The second-order valence-electron chi connectivity index (χ2n) is 10.3. The first-order chi connectivity index (χ1) is 15.6. The Bertz CT molecular complexity index is 1020. The minimum atomic E-state index is -3.63. The van der Waals surface area contributed by atoms with Crippen LogP contribution in [0, 0.1) is 17.8 Å². The number of nitrogens with zero attached hydrogens (tertiary/aromatic N) is 2. The third-order valence-electron chi connectivity index (χ3n) is 8.10. The fourth-order valence-electron chi connectivity index (χ4n) is 5.84. The van der Waals surface area contributed by atoms with Crippen molar-refractivity contribution in [3.63, 3.8) is 0 Å². The SMILES string of the molecule is CC(=O)N1c2ccc(S(=O)(=O)N3CCC(C(=O)N[C@@H]4CCC[C@H](C)[C@@H]4C)CC3)cc2C[C@H]1C. The monoisotopic (exact) mass is 475 g/mol. The summed E-state index contributed by atoms with van der Waals surface area (Å²) in [5.74, 6) is 1.01. The van der Waals surface area contributed by atoms with Crippen LogP contribution in [0.3, 0.4) is 0 Å². The highest BCUT2D eigenvalue weighted by atomic mass is 32.2. The van der Waals surface area contributed by atoms with Gasteiger partial charge in [-0.25, -0.2) is 8.42 Å². The van der Waals surface area contributed by atoms with Crippen LogP contribution in [0.1, 0.15) is 65.4 Å². The van der Waals surface area contributed by atoms with Crippen LogP contribution >= 0.6 is 0 Å². The van der Waals surface area contributed by atoms with Gasteiger partial charge in [-0.05, 0) is 68.2 Å². The average Bonchev–Trinajstić information content (AvgIpc) is 3.12. The van der Waals surface area contributed by atoms with Gasteiger partial charge in [-0.1, -0.05) is 26.7 Å². The molecule has 7 nitrogen and oxygen atoms in total. The summed E-state index contributed by atoms with van der Waals surface area (Å²) in [6.07, 6.45) is 5.14. The van der Waals surface area contributed by atoms with E-state index < -0.39 is 10.0 Å². The highest BCUT2D eigenvalue weighted by molar-refractivity contribution is 7.89. The molecule has 4 atom stereocenters. The normalized spacial score (nSPS) is 29.0. The molecule has 2 aliphatic heterocycles. The first kappa shape index (κ1) is 24.2. The molecule has 0 bridgehead atoms. The third kappa shape index (κ3) is 4.69. The lowest BCUT2D eigenvalue weighted by Gasteiger charge is -2.36. The summed E-state index contributed by atoms with van der Waals surface area (Å²) in [7, 11) is -3.63. The van der Waals surface area contributed by atoms with Crippen molar-refractivity contribution in [3.05, 3.63) is 23.8 Å². The van der Waals surface area contributed by atoms with Crippen LogP contribution < -0.4 is 10.2 Å². The predicted octanol–water partition coefficient (Wildman–Crippen LogP) is 3.33. The second kappa shape index (κ2) is 9.37. The molecule has 2 amide bonds. The maximum atomic E-state index is 13.3. The zero-order valence-electron chi connectivity index (χ0n) is 20.2. The van der Waals surface area contributed by atoms with Gasteiger partial charge in [0.1, 0.15) is 0 Å². The van der Waals surface area contributed by atoms with E-state index in [1.165, 1.54) is 17.6 Å². The maximum absolute atomic E-state index is 13.3. The van der Waals surface area contributed by atoms with Gasteiger partial charge in [0.15, 0.2) is 0 Å². The van der Waals surface area contributed by atoms with Crippen LogP contribution in [-0.4, -0.2) is 49.7 Å². The number of piperidine rings is 1. The fourth-order valence-corrected chi connectivity index (χ4v) is 7.36. The Morgan fingerprint density at radius 2 is 1.73 bits per heavy atom. The van der Waals surface area contributed by atoms with E-state index in [1.54, 1.807) is 23.1 Å². The number of fused-ring (bicyclic) bond motifs is 1. The lowest BCUT2D eigenvalue weighted by molar-refractivity contribution is -0.127. The van der Waals surface area contributed by atoms with Gasteiger partial charge in [-0.2, -0.15) is 4.31 Å². The minimum Gasteiger partial charge on any atom is -0.353 e. The van der Waals surface area contributed by atoms with Crippen LogP contribution in [0.15, 0.2) is 23.1 Å². The van der Waals surface area contributed by atoms with Crippen molar-refractivity contribution in [2.45, 2.75) is 83.2 Å². The predicted molar refractivity (Wildman–Crippen MR) is 128 cm³/mol. The number of carbonyl (C=O) groups excluding carboxylic acids is 2. The van der Waals surface area contributed by atoms with Crippen molar-refractivity contribution in [1.29, 1.82) is 0 Å². The number of nitrogens with one attached hydrogen (secondary N) is 1. The molecule has 3 aliphatic rings. The van der Waals surface area contributed by atoms with Gasteiger partial charge in [-0.15, -0.1) is 0 Å². The van der Waals surface area contributed by atoms with Crippen LogP contribution in [-0.2, 0) is 26.0 Å². The van der Waals surface area contributed by atoms with Crippen LogP contribution in [0.2, 0.25) is 0 Å². The van der Waals surface area contributed by atoms with E-state index in [2.05, 4.69) is 19.2 Å². The van der Waals surface area contributed by atoms with Gasteiger partial charge in [0.05, 0.1) is 4.90 Å². The lowest BCUT2D eigenvalue weighted by Crippen LogP contribution is -2.48. The largest absolute Gasteiger partial charge is 0.353 e. The molecule has 0 radical (unpaired) electrons. The molecule has 0 unspecified atom stereocenters. The standard InChI is InChI=1S/C25H37N3O4S/c1-16-6-5-7-23(18(16)3)26-25(30)20-10-12-27(13-11-20)33(31,32)22-8-9-24-21(15-22)14-17(2)28(24)19(4)29/h8-9,15-18,20,23H,5-7,10-14H2,1-4H3,(H,26,30)/t16-,17+,18-,23+/m0/s1. The van der Waals surface area contributed by atoms with E-state index in [1.807, 2.05) is 6.92 Å². The maximum Gasteiger partial charge on any atom is 0.243 e. The number of carbonyl (C=O) groups is 2. The zero-order valence-corrected chi connectivity index (χ0v) is 21.0. The Morgan fingerprint density at radius 3 is 2.39 bits per heavy atom. The van der Waals surface area contributed by atoms with Crippen molar-refractivity contribution >= 4 is 27.5 Å². The van der Waals surface area contributed by atoms with Gasteiger partial charge in [0.2, 0.25) is 21.8 Å². The highest BCUT2D eigenvalue weighted by Crippen LogP contribution is 2.35. The number of benzene rings is 1. The first-order valence-corrected chi connectivity index (χ1v) is 13.8. The Labute approximate surface area is 198 Å². The lowest BCUT2D eigenvalue weighted by atomic mass is 9.78. The van der Waals surface area contributed by atoms with Crippen molar-refractivity contribution < 1.29 is 18.0 Å². The highest BCUT2D eigenvalue weighted by Gasteiger charge is 2.36. The minimum absolute atomic E-state index is 0.0274. The van der Waals surface area contributed by atoms with Gasteiger partial charge < -0.3 is 10.2 Å². The Morgan fingerprint density at radius 1 is 1.03 bits per heavy atom. The molecule has 1 saturated carbocycles. The fraction of sp³-hybridized carbons (Fsp3) is 0.680. The number of anilines is 1. The number of amides is 2. The summed E-state index contributed by atoms with van der Waals surface area (Å²) in [6, 6.07) is 5.33. The molecular weight excluding hydrogens is 438 g/mol. The Hall–Kier alpha value is -1.93. The summed E-state index contributed by atoms with van der Waals surface area (Å²) in [5, 5.41) is 3.26. The van der Waals surface area contributed by atoms with Crippen molar-refractivity contribution in [2.24, 2.45) is 17.8 Å². The molecule has 8 heteroatoms. The molecule has 2 heterocycles. The summed E-state index contributed by atoms with van der Waals surface area (Å²) >= 11 is 0. The molecule has 0 spiro atoms. The first-order valence-electron chi connectivity index (χ1n) is 12.3. The van der Waals surface area contributed by atoms with Crippen molar-refractivity contribution in [3.8, 4) is 0 Å². The quantitative estimate of drug-likeness (QED) is 0.724. The van der Waals surface area contributed by atoms with E-state index in [0.717, 1.165) is 24.1 Å². The Balaban J connectivity index is 1.39. The van der Waals surface area contributed by atoms with E-state index in [0.29, 0.717) is 44.2 Å².